The maximum Gasteiger partial charge on any atom is 0.187 e. The van der Waals surface area contributed by atoms with E-state index in [0.29, 0.717) is 6.04 Å². The van der Waals surface area contributed by atoms with E-state index in [9.17, 15) is 0 Å². The summed E-state index contributed by atoms with van der Waals surface area (Å²) >= 11 is 1.61. The maximum absolute atomic E-state index is 5.45. The summed E-state index contributed by atoms with van der Waals surface area (Å²) in [7, 11) is 1.70. The molecule has 1 unspecified atom stereocenters. The first-order valence-electron chi connectivity index (χ1n) is 7.04. The minimum atomic E-state index is 0.331. The Balaban J connectivity index is 2.14. The van der Waals surface area contributed by atoms with E-state index >= 15 is 0 Å². The summed E-state index contributed by atoms with van der Waals surface area (Å²) in [6, 6.07) is 8.49. The van der Waals surface area contributed by atoms with Crippen LogP contribution in [0.4, 0.5) is 0 Å². The van der Waals surface area contributed by atoms with Gasteiger partial charge in [-0.1, -0.05) is 24.8 Å². The lowest BCUT2D eigenvalue weighted by molar-refractivity contribution is 0.411. The normalized spacial score (nSPS) is 12.1. The zero-order chi connectivity index (χ0) is 15.1. The summed E-state index contributed by atoms with van der Waals surface area (Å²) in [5.41, 5.74) is 2.43. The van der Waals surface area contributed by atoms with Crippen LogP contribution in [0.2, 0.25) is 0 Å². The number of benzene rings is 1. The second kappa shape index (κ2) is 8.00. The number of methoxy groups -OCH3 is 1. The molecule has 0 spiro atoms. The monoisotopic (exact) mass is 303 g/mol. The van der Waals surface area contributed by atoms with E-state index in [1.54, 1.807) is 31.3 Å². The Morgan fingerprint density at radius 2 is 2.05 bits per heavy atom. The number of hydrogen-bond donors (Lipinski definition) is 1. The molecule has 0 aliphatic carbocycles. The van der Waals surface area contributed by atoms with Crippen molar-refractivity contribution in [3.8, 4) is 5.75 Å². The second-order valence-electron chi connectivity index (χ2n) is 4.67. The summed E-state index contributed by atoms with van der Waals surface area (Å²) in [4.78, 5) is 8.47. The van der Waals surface area contributed by atoms with Crippen LogP contribution >= 0.6 is 11.8 Å². The van der Waals surface area contributed by atoms with Gasteiger partial charge in [-0.15, -0.1) is 0 Å². The van der Waals surface area contributed by atoms with E-state index < -0.39 is 0 Å². The van der Waals surface area contributed by atoms with Crippen LogP contribution < -0.4 is 10.1 Å². The van der Waals surface area contributed by atoms with Gasteiger partial charge in [0, 0.05) is 29.8 Å². The Hall–Kier alpha value is -1.59. The van der Waals surface area contributed by atoms with Gasteiger partial charge in [-0.3, -0.25) is 0 Å². The topological polar surface area (TPSA) is 47.0 Å². The predicted molar refractivity (Wildman–Crippen MR) is 86.7 cm³/mol. The van der Waals surface area contributed by atoms with Gasteiger partial charge in [0.25, 0.3) is 0 Å². The van der Waals surface area contributed by atoms with Gasteiger partial charge in [0.1, 0.15) is 5.75 Å². The number of nitrogens with zero attached hydrogens (tertiary/aromatic N) is 2. The third kappa shape index (κ3) is 4.44. The second-order valence-corrected chi connectivity index (χ2v) is 5.61. The molecule has 0 saturated heterocycles. The minimum Gasteiger partial charge on any atom is -0.496 e. The van der Waals surface area contributed by atoms with Crippen molar-refractivity contribution in [1.29, 1.82) is 0 Å². The Morgan fingerprint density at radius 1 is 1.29 bits per heavy atom. The van der Waals surface area contributed by atoms with Crippen LogP contribution in [0.5, 0.6) is 5.75 Å². The molecule has 0 radical (unpaired) electrons. The van der Waals surface area contributed by atoms with E-state index in [1.807, 2.05) is 12.1 Å². The van der Waals surface area contributed by atoms with Gasteiger partial charge >= 0.3 is 0 Å². The number of rotatable bonds is 7. The third-order valence-electron chi connectivity index (χ3n) is 3.21. The fraction of sp³-hybridized carbons (Fsp3) is 0.375. The fourth-order valence-electron chi connectivity index (χ4n) is 2.11. The summed E-state index contributed by atoms with van der Waals surface area (Å²) in [5, 5.41) is 4.21. The molecule has 0 bridgehead atoms. The van der Waals surface area contributed by atoms with E-state index in [2.05, 4.69) is 41.3 Å². The SMILES string of the molecule is CCNC(C)c1ccc(OC)c(CSc2ncccn2)c1. The number of ether oxygens (including phenoxy) is 1. The third-order valence-corrected chi connectivity index (χ3v) is 4.14. The smallest absolute Gasteiger partial charge is 0.187 e. The average molecular weight is 303 g/mol. The van der Waals surface area contributed by atoms with Crippen molar-refractivity contribution >= 4 is 11.8 Å². The van der Waals surface area contributed by atoms with Crippen molar-refractivity contribution in [2.45, 2.75) is 30.8 Å². The molecule has 0 saturated carbocycles. The van der Waals surface area contributed by atoms with Crippen LogP contribution in [0.3, 0.4) is 0 Å². The Kier molecular flexibility index (Phi) is 6.02. The van der Waals surface area contributed by atoms with E-state index in [0.717, 1.165) is 28.8 Å². The molecule has 1 aromatic carbocycles. The van der Waals surface area contributed by atoms with Crippen molar-refractivity contribution in [3.63, 3.8) is 0 Å². The van der Waals surface area contributed by atoms with Crippen LogP contribution in [-0.4, -0.2) is 23.6 Å². The van der Waals surface area contributed by atoms with Crippen molar-refractivity contribution < 1.29 is 4.74 Å². The Bertz CT molecular complexity index is 563. The first kappa shape index (κ1) is 15.8. The average Bonchev–Trinajstić information content (AvgIpc) is 2.54. The largest absolute Gasteiger partial charge is 0.496 e. The maximum atomic E-state index is 5.45. The van der Waals surface area contributed by atoms with Gasteiger partial charge in [0.15, 0.2) is 5.16 Å². The molecule has 5 heteroatoms. The molecule has 21 heavy (non-hydrogen) atoms. The van der Waals surface area contributed by atoms with Crippen molar-refractivity contribution in [3.05, 3.63) is 47.8 Å². The molecule has 1 aromatic heterocycles. The highest BCUT2D eigenvalue weighted by Gasteiger charge is 2.10. The zero-order valence-electron chi connectivity index (χ0n) is 12.7. The lowest BCUT2D eigenvalue weighted by Gasteiger charge is -2.16. The molecule has 1 N–H and O–H groups in total. The number of hydrogen-bond acceptors (Lipinski definition) is 5. The molecule has 0 aliphatic rings. The molecule has 2 aromatic rings. The predicted octanol–water partition coefficient (Wildman–Crippen LogP) is 3.45. The van der Waals surface area contributed by atoms with Crippen molar-refractivity contribution in [1.82, 2.24) is 15.3 Å². The first-order valence-corrected chi connectivity index (χ1v) is 8.03. The quantitative estimate of drug-likeness (QED) is 0.627. The lowest BCUT2D eigenvalue weighted by Crippen LogP contribution is -2.17. The Labute approximate surface area is 130 Å². The van der Waals surface area contributed by atoms with Crippen molar-refractivity contribution in [2.75, 3.05) is 13.7 Å². The van der Waals surface area contributed by atoms with Gasteiger partial charge in [0.05, 0.1) is 7.11 Å². The highest BCUT2D eigenvalue weighted by Crippen LogP contribution is 2.28. The van der Waals surface area contributed by atoms with Crippen LogP contribution in [0.15, 0.2) is 41.8 Å². The van der Waals surface area contributed by atoms with Crippen LogP contribution in [0.25, 0.3) is 0 Å². The fourth-order valence-corrected chi connectivity index (χ4v) is 2.89. The van der Waals surface area contributed by atoms with E-state index in [4.69, 9.17) is 4.74 Å². The number of thioether (sulfide) groups is 1. The molecule has 112 valence electrons. The molecule has 1 heterocycles. The van der Waals surface area contributed by atoms with Crippen LogP contribution in [0.1, 0.15) is 31.0 Å². The molecule has 1 atom stereocenters. The van der Waals surface area contributed by atoms with Crippen molar-refractivity contribution in [2.24, 2.45) is 0 Å². The Morgan fingerprint density at radius 3 is 2.71 bits per heavy atom. The van der Waals surface area contributed by atoms with E-state index in [-0.39, 0.29) is 0 Å². The van der Waals surface area contributed by atoms with Gasteiger partial charge in [-0.25, -0.2) is 9.97 Å². The standard InChI is InChI=1S/C16H21N3OS/c1-4-17-12(2)13-6-7-15(20-3)14(10-13)11-21-16-18-8-5-9-19-16/h5-10,12,17H,4,11H2,1-3H3. The molecule has 0 aliphatic heterocycles. The van der Waals surface area contributed by atoms with Crippen LogP contribution in [-0.2, 0) is 5.75 Å². The number of aromatic nitrogens is 2. The van der Waals surface area contributed by atoms with Crippen LogP contribution in [0, 0.1) is 0 Å². The molecule has 0 amide bonds. The summed E-state index contributed by atoms with van der Waals surface area (Å²) < 4.78 is 5.45. The van der Waals surface area contributed by atoms with Gasteiger partial charge in [-0.05, 0) is 37.2 Å². The van der Waals surface area contributed by atoms with Gasteiger partial charge < -0.3 is 10.1 Å². The highest BCUT2D eigenvalue weighted by molar-refractivity contribution is 7.98. The minimum absolute atomic E-state index is 0.331. The molecule has 2 rings (SSSR count). The summed E-state index contributed by atoms with van der Waals surface area (Å²) in [6.45, 7) is 5.24. The molecule has 0 fully saturated rings. The summed E-state index contributed by atoms with van der Waals surface area (Å²) in [5.74, 6) is 1.70. The first-order chi connectivity index (χ1) is 10.2. The van der Waals surface area contributed by atoms with E-state index in [1.165, 1.54) is 5.56 Å². The summed E-state index contributed by atoms with van der Waals surface area (Å²) in [6.07, 6.45) is 3.52. The molecular weight excluding hydrogens is 282 g/mol. The lowest BCUT2D eigenvalue weighted by atomic mass is 10.0. The molecular formula is C16H21N3OS. The van der Waals surface area contributed by atoms with Gasteiger partial charge in [-0.2, -0.15) is 0 Å². The zero-order valence-corrected chi connectivity index (χ0v) is 13.5. The number of nitrogens with one attached hydrogen (secondary N) is 1. The highest BCUT2D eigenvalue weighted by atomic mass is 32.2. The van der Waals surface area contributed by atoms with Gasteiger partial charge in [0.2, 0.25) is 0 Å². The molecule has 4 nitrogen and oxygen atoms in total.